The van der Waals surface area contributed by atoms with Gasteiger partial charge in [-0.15, -0.1) is 0 Å². The third-order valence-electron chi connectivity index (χ3n) is 5.72. The number of allylic oxidation sites excluding steroid dienone is 3. The molecule has 0 unspecified atom stereocenters. The van der Waals surface area contributed by atoms with Crippen LogP contribution >= 0.6 is 7.26 Å². The molecular formula is C27H28OP+. The average molecular weight is 399 g/mol. The highest BCUT2D eigenvalue weighted by atomic mass is 31.2. The highest BCUT2D eigenvalue weighted by Gasteiger charge is 2.44. The summed E-state index contributed by atoms with van der Waals surface area (Å²) in [6.07, 6.45) is 9.10. The molecule has 1 aliphatic rings. The smallest absolute Gasteiger partial charge is 0.117 e. The second-order valence-corrected chi connectivity index (χ2v) is 10.9. The first kappa shape index (κ1) is 19.7. The van der Waals surface area contributed by atoms with Crippen LogP contribution in [0.1, 0.15) is 19.3 Å². The Morgan fingerprint density at radius 3 is 1.69 bits per heavy atom. The molecule has 0 fully saturated rings. The third-order valence-corrected chi connectivity index (χ3v) is 9.99. The topological polar surface area (TPSA) is 9.23 Å². The van der Waals surface area contributed by atoms with Gasteiger partial charge >= 0.3 is 0 Å². The van der Waals surface area contributed by atoms with Gasteiger partial charge in [0.25, 0.3) is 0 Å². The molecule has 3 aromatic rings. The molecule has 29 heavy (non-hydrogen) atoms. The van der Waals surface area contributed by atoms with Crippen LogP contribution < -0.4 is 15.9 Å². The minimum Gasteiger partial charge on any atom is -0.497 e. The van der Waals surface area contributed by atoms with E-state index >= 15 is 0 Å². The Bertz CT molecular complexity index is 878. The molecule has 2 heteroatoms. The molecule has 0 N–H and O–H groups in total. The fourth-order valence-electron chi connectivity index (χ4n) is 4.26. The van der Waals surface area contributed by atoms with Crippen molar-refractivity contribution in [3.05, 3.63) is 114 Å². The first-order chi connectivity index (χ1) is 14.3. The van der Waals surface area contributed by atoms with Crippen LogP contribution in [0.15, 0.2) is 114 Å². The van der Waals surface area contributed by atoms with Gasteiger partial charge in [-0.3, -0.25) is 0 Å². The molecule has 1 aliphatic carbocycles. The maximum absolute atomic E-state index is 5.69. The fraction of sp³-hybridized carbons (Fsp3) is 0.185. The summed E-state index contributed by atoms with van der Waals surface area (Å²) in [6, 6.07) is 33.2. The number of rotatable bonds is 6. The van der Waals surface area contributed by atoms with E-state index in [0.29, 0.717) is 0 Å². The monoisotopic (exact) mass is 399 g/mol. The third kappa shape index (κ3) is 4.07. The minimum absolute atomic E-state index is 1.00. The zero-order valence-corrected chi connectivity index (χ0v) is 17.9. The van der Waals surface area contributed by atoms with Crippen molar-refractivity contribution in [1.29, 1.82) is 0 Å². The van der Waals surface area contributed by atoms with Gasteiger partial charge in [-0.1, -0.05) is 54.6 Å². The van der Waals surface area contributed by atoms with E-state index in [2.05, 4.69) is 103 Å². The summed E-state index contributed by atoms with van der Waals surface area (Å²) in [4.78, 5) is 0. The van der Waals surface area contributed by atoms with E-state index in [4.69, 9.17) is 4.74 Å². The predicted octanol–water partition coefficient (Wildman–Crippen LogP) is 5.62. The predicted molar refractivity (Wildman–Crippen MR) is 127 cm³/mol. The van der Waals surface area contributed by atoms with E-state index in [1.807, 2.05) is 0 Å². The molecule has 0 aromatic heterocycles. The lowest BCUT2D eigenvalue weighted by Crippen LogP contribution is -2.33. The van der Waals surface area contributed by atoms with E-state index in [1.165, 1.54) is 27.9 Å². The Kier molecular flexibility index (Phi) is 6.27. The van der Waals surface area contributed by atoms with E-state index in [0.717, 1.165) is 24.8 Å². The molecule has 3 aromatic carbocycles. The van der Waals surface area contributed by atoms with Gasteiger partial charge in [0.1, 0.15) is 28.9 Å². The average Bonchev–Trinajstić information content (AvgIpc) is 2.82. The van der Waals surface area contributed by atoms with Crippen molar-refractivity contribution in [3.63, 3.8) is 0 Å². The lowest BCUT2D eigenvalue weighted by Gasteiger charge is -2.27. The summed E-state index contributed by atoms with van der Waals surface area (Å²) >= 11 is 0. The normalized spacial score (nSPS) is 15.8. The van der Waals surface area contributed by atoms with E-state index in [9.17, 15) is 0 Å². The summed E-state index contributed by atoms with van der Waals surface area (Å²) < 4.78 is 5.69. The Morgan fingerprint density at radius 1 is 0.759 bits per heavy atom. The molecule has 0 atom stereocenters. The van der Waals surface area contributed by atoms with E-state index in [1.54, 1.807) is 7.11 Å². The van der Waals surface area contributed by atoms with Crippen molar-refractivity contribution in [1.82, 2.24) is 0 Å². The number of benzene rings is 3. The van der Waals surface area contributed by atoms with Gasteiger partial charge in [-0.25, -0.2) is 0 Å². The molecule has 0 radical (unpaired) electrons. The maximum atomic E-state index is 5.69. The van der Waals surface area contributed by atoms with Gasteiger partial charge in [-0.2, -0.15) is 0 Å². The van der Waals surface area contributed by atoms with Gasteiger partial charge in [0.2, 0.25) is 0 Å². The molecule has 0 saturated carbocycles. The molecule has 146 valence electrons. The SMILES string of the molecule is COC1=CCCC/C1=C\C[P+](c1ccccc1)(c1ccccc1)c1ccccc1. The van der Waals surface area contributed by atoms with E-state index < -0.39 is 7.26 Å². The largest absolute Gasteiger partial charge is 0.497 e. The van der Waals surface area contributed by atoms with Gasteiger partial charge in [0.15, 0.2) is 0 Å². The molecule has 0 amide bonds. The second kappa shape index (κ2) is 9.25. The minimum atomic E-state index is -1.82. The molecule has 1 nitrogen and oxygen atoms in total. The van der Waals surface area contributed by atoms with Crippen molar-refractivity contribution < 1.29 is 4.74 Å². The molecule has 4 rings (SSSR count). The van der Waals surface area contributed by atoms with Crippen LogP contribution in [0.4, 0.5) is 0 Å². The zero-order chi connectivity index (χ0) is 19.9. The highest BCUT2D eigenvalue weighted by Crippen LogP contribution is 2.55. The first-order valence-electron chi connectivity index (χ1n) is 10.3. The van der Waals surface area contributed by atoms with Crippen LogP contribution in [0.3, 0.4) is 0 Å². The van der Waals surface area contributed by atoms with Crippen molar-refractivity contribution in [2.24, 2.45) is 0 Å². The molecule has 0 bridgehead atoms. The molecule has 0 heterocycles. The van der Waals surface area contributed by atoms with Gasteiger partial charge in [0, 0.05) is 0 Å². The lowest BCUT2D eigenvalue weighted by molar-refractivity contribution is 0.292. The summed E-state index contributed by atoms with van der Waals surface area (Å²) in [5.74, 6) is 1.06. The van der Waals surface area contributed by atoms with Gasteiger partial charge in [-0.05, 0) is 73.4 Å². The Balaban J connectivity index is 1.91. The summed E-state index contributed by atoms with van der Waals surface area (Å²) in [7, 11) is -0.0254. The Hall–Kier alpha value is -2.63. The van der Waals surface area contributed by atoms with Gasteiger partial charge in [0.05, 0.1) is 13.3 Å². The number of hydrogen-bond acceptors (Lipinski definition) is 1. The van der Waals surface area contributed by atoms with Crippen molar-refractivity contribution in [2.45, 2.75) is 19.3 Å². The van der Waals surface area contributed by atoms with Crippen LogP contribution in [0.25, 0.3) is 0 Å². The van der Waals surface area contributed by atoms with E-state index in [-0.39, 0.29) is 0 Å². The lowest BCUT2D eigenvalue weighted by atomic mass is 10.00. The Labute approximate surface area is 175 Å². The van der Waals surface area contributed by atoms with Gasteiger partial charge < -0.3 is 4.74 Å². The number of methoxy groups -OCH3 is 1. The summed E-state index contributed by atoms with van der Waals surface area (Å²) in [6.45, 7) is 0. The second-order valence-electron chi connectivity index (χ2n) is 7.39. The quantitative estimate of drug-likeness (QED) is 0.489. The van der Waals surface area contributed by atoms with Crippen molar-refractivity contribution in [2.75, 3.05) is 13.3 Å². The van der Waals surface area contributed by atoms with Crippen molar-refractivity contribution >= 4 is 23.2 Å². The van der Waals surface area contributed by atoms with Crippen LogP contribution in [0, 0.1) is 0 Å². The van der Waals surface area contributed by atoms with Crippen molar-refractivity contribution in [3.8, 4) is 0 Å². The molecule has 0 aliphatic heterocycles. The number of hydrogen-bond donors (Lipinski definition) is 0. The standard InChI is InChI=1S/C27H28OP/c1-28-27-20-12-11-13-23(27)21-22-29(24-14-5-2-6-15-24,25-16-7-3-8-17-25)26-18-9-4-10-19-26/h2-10,14-21H,11-13,22H2,1H3/q+1/b23-21+. The highest BCUT2D eigenvalue weighted by molar-refractivity contribution is 7.95. The number of ether oxygens (including phenoxy) is 1. The summed E-state index contributed by atoms with van der Waals surface area (Å²) in [5.41, 5.74) is 1.35. The van der Waals surface area contributed by atoms with Crippen LogP contribution in [-0.2, 0) is 4.74 Å². The molecule has 0 saturated heterocycles. The fourth-order valence-corrected chi connectivity index (χ4v) is 8.32. The van der Waals surface area contributed by atoms with Crippen LogP contribution in [0.2, 0.25) is 0 Å². The maximum Gasteiger partial charge on any atom is 0.117 e. The molecular weight excluding hydrogens is 371 g/mol. The summed E-state index contributed by atoms with van der Waals surface area (Å²) in [5, 5.41) is 4.27. The Morgan fingerprint density at radius 2 is 1.24 bits per heavy atom. The zero-order valence-electron chi connectivity index (χ0n) is 17.0. The molecule has 0 spiro atoms. The van der Waals surface area contributed by atoms with Crippen LogP contribution in [0.5, 0.6) is 0 Å². The first-order valence-corrected chi connectivity index (χ1v) is 12.3. The van der Waals surface area contributed by atoms with Crippen LogP contribution in [-0.4, -0.2) is 13.3 Å².